The molecule has 2 aromatic carbocycles. The number of halogens is 5. The molecule has 3 rings (SSSR count). The summed E-state index contributed by atoms with van der Waals surface area (Å²) in [5.74, 6) is -1.06. The molecule has 0 saturated carbocycles. The first-order chi connectivity index (χ1) is 18.2. The van der Waals surface area contributed by atoms with E-state index in [4.69, 9.17) is 16.3 Å². The van der Waals surface area contributed by atoms with E-state index in [2.05, 4.69) is 15.4 Å². The van der Waals surface area contributed by atoms with Gasteiger partial charge in [0.05, 0.1) is 22.2 Å². The van der Waals surface area contributed by atoms with E-state index in [-0.39, 0.29) is 40.9 Å². The second-order valence-electron chi connectivity index (χ2n) is 10.3. The van der Waals surface area contributed by atoms with E-state index in [1.165, 1.54) is 25.1 Å². The van der Waals surface area contributed by atoms with E-state index in [0.717, 1.165) is 22.5 Å². The van der Waals surface area contributed by atoms with E-state index in [1.807, 2.05) is 0 Å². The molecule has 1 aliphatic rings. The Morgan fingerprint density at radius 2 is 1.77 bits per heavy atom. The zero-order chi connectivity index (χ0) is 30.3. The summed E-state index contributed by atoms with van der Waals surface area (Å²) in [7, 11) is -4.40. The Bertz CT molecular complexity index is 1420. The average Bonchev–Trinajstić information content (AvgIpc) is 2.78. The lowest BCUT2D eigenvalue weighted by Gasteiger charge is -2.39. The number of anilines is 2. The molecule has 0 bridgehead atoms. The number of sulfonamides is 1. The van der Waals surface area contributed by atoms with Gasteiger partial charge in [-0.3, -0.25) is 14.4 Å². The lowest BCUT2D eigenvalue weighted by Crippen LogP contribution is -2.50. The van der Waals surface area contributed by atoms with Crippen molar-refractivity contribution in [1.29, 1.82) is 0 Å². The van der Waals surface area contributed by atoms with Gasteiger partial charge in [0.25, 0.3) is 10.0 Å². The highest BCUT2D eigenvalue weighted by molar-refractivity contribution is 7.92. The van der Waals surface area contributed by atoms with Gasteiger partial charge in [-0.05, 0) is 64.1 Å². The number of nitrogens with one attached hydrogen (secondary N) is 2. The summed E-state index contributed by atoms with van der Waals surface area (Å²) in [4.78, 5) is 23.5. The summed E-state index contributed by atoms with van der Waals surface area (Å²) in [5.41, 5.74) is -3.72. The second kappa shape index (κ2) is 11.0. The smallest absolute Gasteiger partial charge is 0.427 e. The Labute approximate surface area is 233 Å². The third-order valence-corrected chi connectivity index (χ3v) is 7.96. The van der Waals surface area contributed by atoms with E-state index in [0.29, 0.717) is 13.8 Å². The first-order valence-corrected chi connectivity index (χ1v) is 13.7. The number of amides is 2. The molecule has 1 aliphatic heterocycles. The van der Waals surface area contributed by atoms with Crippen molar-refractivity contribution in [2.24, 2.45) is 0 Å². The van der Waals surface area contributed by atoms with Gasteiger partial charge in [0, 0.05) is 24.6 Å². The zero-order valence-electron chi connectivity index (χ0n) is 22.2. The van der Waals surface area contributed by atoms with E-state index in [1.54, 1.807) is 13.8 Å². The molecule has 0 unspecified atom stereocenters. The van der Waals surface area contributed by atoms with Crippen LogP contribution in [0.5, 0.6) is 5.75 Å². The van der Waals surface area contributed by atoms with Crippen LogP contribution in [0.2, 0.25) is 5.02 Å². The molecule has 0 saturated heterocycles. The molecule has 40 heavy (non-hydrogen) atoms. The van der Waals surface area contributed by atoms with Gasteiger partial charge in [-0.15, -0.1) is 0 Å². The molecule has 0 fully saturated rings. The fourth-order valence-corrected chi connectivity index (χ4v) is 5.79. The van der Waals surface area contributed by atoms with Crippen LogP contribution in [0.4, 0.5) is 33.7 Å². The molecule has 0 radical (unpaired) electrons. The predicted molar refractivity (Wildman–Crippen MR) is 140 cm³/mol. The summed E-state index contributed by atoms with van der Waals surface area (Å²) in [6.07, 6.45) is -6.85. The van der Waals surface area contributed by atoms with Crippen molar-refractivity contribution in [2.75, 3.05) is 16.2 Å². The minimum absolute atomic E-state index is 0.0538. The maximum Gasteiger partial charge on any atom is 0.427 e. The van der Waals surface area contributed by atoms with Gasteiger partial charge in [-0.1, -0.05) is 11.6 Å². The van der Waals surface area contributed by atoms with Gasteiger partial charge >= 0.3 is 12.3 Å². The third kappa shape index (κ3) is 7.08. The molecule has 15 heteroatoms. The SMILES string of the molecule is CC(=O)NC(C)(C)C[C@H]1CN(S(=O)(=O)c2ccc(F)c(Cl)c2)c2cc(NC(=O)OC(C)(C)C(F)(F)F)ccc2O1. The quantitative estimate of drug-likeness (QED) is 0.393. The van der Waals surface area contributed by atoms with Crippen LogP contribution < -0.4 is 19.7 Å². The van der Waals surface area contributed by atoms with E-state index >= 15 is 0 Å². The number of hydrogen-bond donors (Lipinski definition) is 2. The molecule has 0 aromatic heterocycles. The minimum Gasteiger partial charge on any atom is -0.486 e. The molecule has 220 valence electrons. The average molecular weight is 610 g/mol. The molecule has 0 aliphatic carbocycles. The molecule has 2 amide bonds. The zero-order valence-corrected chi connectivity index (χ0v) is 23.7. The minimum atomic E-state index is -4.84. The number of fused-ring (bicyclic) bond motifs is 1. The molecule has 0 spiro atoms. The lowest BCUT2D eigenvalue weighted by molar-refractivity contribution is -0.242. The van der Waals surface area contributed by atoms with Gasteiger partial charge in [-0.25, -0.2) is 17.6 Å². The normalized spacial score (nSPS) is 16.1. The number of alkyl halides is 3. The van der Waals surface area contributed by atoms with Crippen molar-refractivity contribution in [2.45, 2.75) is 69.4 Å². The standard InChI is InChI=1S/C25H28ClF4N3O6S/c1-14(34)32-23(2,3)12-16-13-33(40(36,37)17-7-8-19(27)18(26)11-17)20-10-15(6-9-21(20)38-16)31-22(35)39-24(4,5)25(28,29)30/h6-11,16H,12-13H2,1-5H3,(H,31,35)(H,32,34)/t16-/m0/s1. The maximum atomic E-state index is 13.8. The fraction of sp³-hybridized carbons (Fsp3) is 0.440. The summed E-state index contributed by atoms with van der Waals surface area (Å²) in [6, 6.07) is 6.68. The predicted octanol–water partition coefficient (Wildman–Crippen LogP) is 5.63. The van der Waals surface area contributed by atoms with Crippen LogP contribution in [0.15, 0.2) is 41.3 Å². The number of carbonyl (C=O) groups excluding carboxylic acids is 2. The number of benzene rings is 2. The molecule has 2 aromatic rings. The van der Waals surface area contributed by atoms with E-state index < -0.39 is 50.4 Å². The monoisotopic (exact) mass is 609 g/mol. The highest BCUT2D eigenvalue weighted by Gasteiger charge is 2.51. The van der Waals surface area contributed by atoms with Crippen molar-refractivity contribution in [1.82, 2.24) is 5.32 Å². The van der Waals surface area contributed by atoms with Crippen molar-refractivity contribution in [3.05, 3.63) is 47.2 Å². The number of ether oxygens (including phenoxy) is 2. The van der Waals surface area contributed by atoms with Gasteiger partial charge in [0.1, 0.15) is 17.7 Å². The van der Waals surface area contributed by atoms with Crippen LogP contribution in [0, 0.1) is 5.82 Å². The van der Waals surface area contributed by atoms with Crippen molar-refractivity contribution in [3.63, 3.8) is 0 Å². The van der Waals surface area contributed by atoms with Crippen LogP contribution in [0.3, 0.4) is 0 Å². The summed E-state index contributed by atoms with van der Waals surface area (Å²) in [6.45, 7) is 5.89. The molecule has 1 atom stereocenters. The molecule has 2 N–H and O–H groups in total. The largest absolute Gasteiger partial charge is 0.486 e. The number of carbonyl (C=O) groups is 2. The Morgan fingerprint density at radius 1 is 1.12 bits per heavy atom. The van der Waals surface area contributed by atoms with Gasteiger partial charge in [-0.2, -0.15) is 13.2 Å². The third-order valence-electron chi connectivity index (χ3n) is 5.90. The van der Waals surface area contributed by atoms with Crippen LogP contribution in [0.1, 0.15) is 41.0 Å². The van der Waals surface area contributed by atoms with Gasteiger partial charge < -0.3 is 14.8 Å². The Hall–Kier alpha value is -3.26. The van der Waals surface area contributed by atoms with Crippen LogP contribution in [-0.4, -0.2) is 50.4 Å². The van der Waals surface area contributed by atoms with Crippen molar-refractivity contribution < 1.29 is 45.0 Å². The lowest BCUT2D eigenvalue weighted by atomic mass is 9.95. The fourth-order valence-electron chi connectivity index (χ4n) is 4.02. The number of hydrogen-bond acceptors (Lipinski definition) is 6. The maximum absolute atomic E-state index is 13.8. The highest BCUT2D eigenvalue weighted by Crippen LogP contribution is 2.41. The summed E-state index contributed by atoms with van der Waals surface area (Å²) in [5, 5.41) is 4.50. The van der Waals surface area contributed by atoms with E-state index in [9.17, 15) is 35.6 Å². The topological polar surface area (TPSA) is 114 Å². The molecule has 1 heterocycles. The van der Waals surface area contributed by atoms with Crippen LogP contribution in [-0.2, 0) is 19.6 Å². The van der Waals surface area contributed by atoms with Gasteiger partial charge in [0.15, 0.2) is 0 Å². The Kier molecular flexibility index (Phi) is 8.57. The van der Waals surface area contributed by atoms with Crippen molar-refractivity contribution >= 4 is 45.0 Å². The van der Waals surface area contributed by atoms with Crippen molar-refractivity contribution in [3.8, 4) is 5.75 Å². The molecular weight excluding hydrogens is 582 g/mol. The summed E-state index contributed by atoms with van der Waals surface area (Å²) >= 11 is 5.83. The highest BCUT2D eigenvalue weighted by atomic mass is 35.5. The van der Waals surface area contributed by atoms with Crippen LogP contribution >= 0.6 is 11.6 Å². The number of nitrogens with zero attached hydrogens (tertiary/aromatic N) is 1. The first kappa shape index (κ1) is 31.3. The molecular formula is C25H28ClF4N3O6S. The van der Waals surface area contributed by atoms with Gasteiger partial charge in [0.2, 0.25) is 11.5 Å². The Morgan fingerprint density at radius 3 is 2.35 bits per heavy atom. The summed E-state index contributed by atoms with van der Waals surface area (Å²) < 4.78 is 92.1. The first-order valence-electron chi connectivity index (χ1n) is 11.9. The number of rotatable bonds is 7. The molecule has 9 nitrogen and oxygen atoms in total. The Balaban J connectivity index is 2.00. The van der Waals surface area contributed by atoms with Crippen LogP contribution in [0.25, 0.3) is 0 Å². The second-order valence-corrected chi connectivity index (χ2v) is 12.6.